The Labute approximate surface area is 170 Å². The molecule has 2 heterocycles. The van der Waals surface area contributed by atoms with Gasteiger partial charge in [-0.15, -0.1) is 11.3 Å². The highest BCUT2D eigenvalue weighted by Crippen LogP contribution is 2.30. The van der Waals surface area contributed by atoms with Crippen molar-refractivity contribution in [3.8, 4) is 0 Å². The fraction of sp³-hybridized carbons (Fsp3) is 0.118. The molecule has 27 heavy (non-hydrogen) atoms. The molecule has 6 nitrogen and oxygen atoms in total. The first kappa shape index (κ1) is 20.2. The number of sulfonamides is 1. The number of nitrogens with one attached hydrogen (secondary N) is 1. The van der Waals surface area contributed by atoms with E-state index < -0.39 is 25.1 Å². The molecule has 0 saturated carbocycles. The monoisotopic (exact) mass is 486 g/mol. The predicted molar refractivity (Wildman–Crippen MR) is 108 cm³/mol. The summed E-state index contributed by atoms with van der Waals surface area (Å²) in [6.07, 6.45) is 2.96. The number of sulfone groups is 1. The zero-order valence-corrected chi connectivity index (χ0v) is 17.9. The molecule has 1 N–H and O–H groups in total. The fourth-order valence-corrected chi connectivity index (χ4v) is 7.32. The second-order valence-electron chi connectivity index (χ2n) is 5.54. The van der Waals surface area contributed by atoms with Gasteiger partial charge in [0.15, 0.2) is 9.84 Å². The van der Waals surface area contributed by atoms with Crippen molar-refractivity contribution in [2.24, 2.45) is 0 Å². The van der Waals surface area contributed by atoms with E-state index in [1.165, 1.54) is 30.6 Å². The number of hydrogen-bond acceptors (Lipinski definition) is 6. The van der Waals surface area contributed by atoms with Gasteiger partial charge in [-0.2, -0.15) is 0 Å². The van der Waals surface area contributed by atoms with E-state index in [0.29, 0.717) is 9.35 Å². The molecule has 0 amide bonds. The van der Waals surface area contributed by atoms with Gasteiger partial charge in [0.2, 0.25) is 10.0 Å². The smallest absolute Gasteiger partial charge is 0.250 e. The fourth-order valence-electron chi connectivity index (χ4n) is 2.45. The minimum atomic E-state index is -3.83. The molecule has 0 fully saturated rings. The van der Waals surface area contributed by atoms with E-state index in [0.717, 1.165) is 11.3 Å². The van der Waals surface area contributed by atoms with Gasteiger partial charge < -0.3 is 0 Å². The number of nitrogens with zero attached hydrogens (tertiary/aromatic N) is 1. The Kier molecular flexibility index (Phi) is 6.11. The molecule has 3 aromatic rings. The van der Waals surface area contributed by atoms with E-state index in [-0.39, 0.29) is 15.6 Å². The van der Waals surface area contributed by atoms with E-state index in [2.05, 4.69) is 25.6 Å². The Morgan fingerprint density at radius 3 is 2.33 bits per heavy atom. The lowest BCUT2D eigenvalue weighted by Gasteiger charge is -2.18. The van der Waals surface area contributed by atoms with Crippen LogP contribution in [0, 0.1) is 0 Å². The molecule has 0 aliphatic rings. The molecule has 0 saturated heterocycles. The SMILES string of the molecule is O=S(=O)(NCC(c1cccnc1)S(=O)(=O)c1ccccc1)c1ccc(Br)s1. The quantitative estimate of drug-likeness (QED) is 0.552. The molecule has 0 spiro atoms. The van der Waals surface area contributed by atoms with E-state index in [9.17, 15) is 16.8 Å². The number of benzene rings is 1. The van der Waals surface area contributed by atoms with Crippen molar-refractivity contribution >= 4 is 47.1 Å². The average Bonchev–Trinajstić information content (AvgIpc) is 3.11. The maximum Gasteiger partial charge on any atom is 0.250 e. The molecular formula is C17H15BrN2O4S3. The van der Waals surface area contributed by atoms with Crippen LogP contribution >= 0.6 is 27.3 Å². The van der Waals surface area contributed by atoms with Crippen molar-refractivity contribution in [1.29, 1.82) is 0 Å². The van der Waals surface area contributed by atoms with Crippen molar-refractivity contribution in [2.75, 3.05) is 6.54 Å². The van der Waals surface area contributed by atoms with Crippen LogP contribution in [-0.4, -0.2) is 28.4 Å². The van der Waals surface area contributed by atoms with Crippen molar-refractivity contribution in [3.05, 3.63) is 76.3 Å². The molecule has 0 aliphatic heterocycles. The average molecular weight is 487 g/mol. The van der Waals surface area contributed by atoms with Crippen molar-refractivity contribution < 1.29 is 16.8 Å². The first-order valence-electron chi connectivity index (χ1n) is 7.74. The normalized spacial score (nSPS) is 13.4. The highest BCUT2D eigenvalue weighted by molar-refractivity contribution is 9.11. The summed E-state index contributed by atoms with van der Waals surface area (Å²) >= 11 is 4.28. The summed E-state index contributed by atoms with van der Waals surface area (Å²) in [5, 5.41) is -1.10. The van der Waals surface area contributed by atoms with Gasteiger partial charge >= 0.3 is 0 Å². The Bertz CT molecular complexity index is 1120. The van der Waals surface area contributed by atoms with Crippen LogP contribution in [0.15, 0.2) is 79.9 Å². The zero-order chi connectivity index (χ0) is 19.5. The van der Waals surface area contributed by atoms with Crippen LogP contribution < -0.4 is 4.72 Å². The first-order valence-corrected chi connectivity index (χ1v) is 12.4. The molecule has 0 bridgehead atoms. The molecule has 1 unspecified atom stereocenters. The van der Waals surface area contributed by atoms with Crippen LogP contribution in [0.1, 0.15) is 10.8 Å². The van der Waals surface area contributed by atoms with Gasteiger partial charge in [0.25, 0.3) is 0 Å². The summed E-state index contributed by atoms with van der Waals surface area (Å²) in [7, 11) is -7.66. The summed E-state index contributed by atoms with van der Waals surface area (Å²) in [4.78, 5) is 4.10. The van der Waals surface area contributed by atoms with Gasteiger partial charge in [0.05, 0.1) is 8.68 Å². The van der Waals surface area contributed by atoms with Crippen molar-refractivity contribution in [1.82, 2.24) is 9.71 Å². The second-order valence-corrected chi connectivity index (χ2v) is 12.1. The summed E-state index contributed by atoms with van der Waals surface area (Å²) in [6, 6.07) is 14.3. The molecule has 0 aliphatic carbocycles. The van der Waals surface area contributed by atoms with Crippen LogP contribution in [0.2, 0.25) is 0 Å². The number of thiophene rings is 1. The van der Waals surface area contributed by atoms with Crippen molar-refractivity contribution in [3.63, 3.8) is 0 Å². The summed E-state index contributed by atoms with van der Waals surface area (Å²) in [5.74, 6) is 0. The van der Waals surface area contributed by atoms with E-state index in [4.69, 9.17) is 0 Å². The van der Waals surface area contributed by atoms with Crippen LogP contribution in [0.4, 0.5) is 0 Å². The molecular weight excluding hydrogens is 472 g/mol. The van der Waals surface area contributed by atoms with Gasteiger partial charge in [-0.3, -0.25) is 4.98 Å². The van der Waals surface area contributed by atoms with Crippen LogP contribution in [-0.2, 0) is 19.9 Å². The molecule has 10 heteroatoms. The van der Waals surface area contributed by atoms with E-state index in [1.807, 2.05) is 0 Å². The lowest BCUT2D eigenvalue weighted by atomic mass is 10.2. The molecule has 1 aromatic carbocycles. The van der Waals surface area contributed by atoms with Crippen LogP contribution in [0.3, 0.4) is 0 Å². The Morgan fingerprint density at radius 1 is 1.00 bits per heavy atom. The summed E-state index contributed by atoms with van der Waals surface area (Å²) in [5.41, 5.74) is 0.413. The van der Waals surface area contributed by atoms with Gasteiger partial charge in [-0.1, -0.05) is 24.3 Å². The summed E-state index contributed by atoms with van der Waals surface area (Å²) < 4.78 is 54.5. The first-order chi connectivity index (χ1) is 12.8. The standard InChI is InChI=1S/C17H15BrN2O4S3/c18-16-8-9-17(25-16)27(23,24)20-12-15(13-5-4-10-19-11-13)26(21,22)14-6-2-1-3-7-14/h1-11,15,20H,12H2. The van der Waals surface area contributed by atoms with Gasteiger partial charge in [0, 0.05) is 18.9 Å². The third-order valence-electron chi connectivity index (χ3n) is 3.77. The number of hydrogen-bond donors (Lipinski definition) is 1. The van der Waals surface area contributed by atoms with Crippen LogP contribution in [0.5, 0.6) is 0 Å². The third kappa shape index (κ3) is 4.64. The molecule has 142 valence electrons. The summed E-state index contributed by atoms with van der Waals surface area (Å²) in [6.45, 7) is -0.305. The van der Waals surface area contributed by atoms with E-state index >= 15 is 0 Å². The lowest BCUT2D eigenvalue weighted by molar-refractivity contribution is 0.569. The van der Waals surface area contributed by atoms with Crippen LogP contribution in [0.25, 0.3) is 0 Å². The Balaban J connectivity index is 1.95. The van der Waals surface area contributed by atoms with E-state index in [1.54, 1.807) is 36.4 Å². The highest BCUT2D eigenvalue weighted by Gasteiger charge is 2.31. The highest BCUT2D eigenvalue weighted by atomic mass is 79.9. The maximum absolute atomic E-state index is 13.1. The molecule has 2 aromatic heterocycles. The third-order valence-corrected chi connectivity index (χ3v) is 9.43. The minimum absolute atomic E-state index is 0.108. The predicted octanol–water partition coefficient (Wildman–Crippen LogP) is 3.40. The number of halogens is 1. The minimum Gasteiger partial charge on any atom is -0.264 e. The largest absolute Gasteiger partial charge is 0.264 e. The molecule has 1 atom stereocenters. The topological polar surface area (TPSA) is 93.2 Å². The van der Waals surface area contributed by atoms with Gasteiger partial charge in [-0.25, -0.2) is 21.6 Å². The number of pyridine rings is 1. The molecule has 3 rings (SSSR count). The van der Waals surface area contributed by atoms with Gasteiger partial charge in [-0.05, 0) is 51.8 Å². The molecule has 0 radical (unpaired) electrons. The second kappa shape index (κ2) is 8.19. The zero-order valence-electron chi connectivity index (χ0n) is 13.8. The Morgan fingerprint density at radius 2 is 1.74 bits per heavy atom. The van der Waals surface area contributed by atoms with Crippen molar-refractivity contribution in [2.45, 2.75) is 14.4 Å². The lowest BCUT2D eigenvalue weighted by Crippen LogP contribution is -2.31. The Hall–Kier alpha value is -1.59. The van der Waals surface area contributed by atoms with Gasteiger partial charge in [0.1, 0.15) is 9.46 Å². The number of rotatable bonds is 7. The number of aromatic nitrogens is 1. The maximum atomic E-state index is 13.1.